The Morgan fingerprint density at radius 2 is 0.744 bits per heavy atom. The number of carbonyl (C=O) groups excluding carboxylic acids is 2. The fourth-order valence-electron chi connectivity index (χ4n) is 10.5. The van der Waals surface area contributed by atoms with Crippen LogP contribution in [0.3, 0.4) is 0 Å². The molecular weight excluding hydrogens is 1080 g/mol. The first kappa shape index (κ1) is 83.2. The maximum atomic E-state index is 13.6. The number of amides is 1. The van der Waals surface area contributed by atoms with Crippen molar-refractivity contribution < 1.29 is 37.3 Å². The van der Waals surface area contributed by atoms with Gasteiger partial charge in [-0.05, 0) is 102 Å². The third-order valence-electron chi connectivity index (χ3n) is 16.1. The number of esters is 1. The molecule has 0 aliphatic heterocycles. The number of unbranched alkanes of at least 4 members (excludes halogenated alkanes) is 38. The first-order valence-electron chi connectivity index (χ1n) is 36.4. The second kappa shape index (κ2) is 65.2. The number of hydrogen-bond donors (Lipinski definition) is 1. The lowest BCUT2D eigenvalue weighted by Gasteiger charge is -2.30. The van der Waals surface area contributed by atoms with Gasteiger partial charge in [0.15, 0.2) is 0 Å². The Bertz CT molecular complexity index is 1750. The zero-order chi connectivity index (χ0) is 62.8. The predicted octanol–water partition coefficient (Wildman–Crippen LogP) is 22.7. The average molecular weight is 1220 g/mol. The van der Waals surface area contributed by atoms with Crippen molar-refractivity contribution in [2.24, 2.45) is 0 Å². The van der Waals surface area contributed by atoms with E-state index in [0.717, 1.165) is 103 Å². The highest BCUT2D eigenvalue weighted by molar-refractivity contribution is 7.45. The number of quaternary nitrogens is 1. The van der Waals surface area contributed by atoms with E-state index in [1.165, 1.54) is 199 Å². The molecular formula is C76H139N2O7P. The Morgan fingerprint density at radius 3 is 1.13 bits per heavy atom. The van der Waals surface area contributed by atoms with Crippen LogP contribution < -0.4 is 10.2 Å². The molecule has 0 bridgehead atoms. The topological polar surface area (TPSA) is 114 Å². The van der Waals surface area contributed by atoms with Crippen LogP contribution >= 0.6 is 7.82 Å². The van der Waals surface area contributed by atoms with Crippen molar-refractivity contribution in [2.45, 2.75) is 348 Å². The summed E-state index contributed by atoms with van der Waals surface area (Å²) in [5, 5.41) is 3.05. The molecule has 86 heavy (non-hydrogen) atoms. The molecule has 0 heterocycles. The van der Waals surface area contributed by atoms with Crippen LogP contribution in [0.4, 0.5) is 0 Å². The van der Waals surface area contributed by atoms with Crippen molar-refractivity contribution >= 4 is 19.7 Å². The molecule has 0 aliphatic rings. The predicted molar refractivity (Wildman–Crippen MR) is 371 cm³/mol. The van der Waals surface area contributed by atoms with Gasteiger partial charge in [0.25, 0.3) is 7.82 Å². The molecule has 0 aliphatic carbocycles. The molecule has 1 N–H and O–H groups in total. The van der Waals surface area contributed by atoms with Gasteiger partial charge in [-0.1, -0.05) is 305 Å². The Hall–Kier alpha value is -2.81. The number of nitrogens with one attached hydrogen (secondary N) is 1. The maximum Gasteiger partial charge on any atom is 0.306 e. The van der Waals surface area contributed by atoms with Crippen molar-refractivity contribution in [3.63, 3.8) is 0 Å². The summed E-state index contributed by atoms with van der Waals surface area (Å²) in [7, 11) is 1.19. The number of phosphoric acid groups is 1. The number of hydrogen-bond acceptors (Lipinski definition) is 7. The molecule has 3 atom stereocenters. The second-order valence-electron chi connectivity index (χ2n) is 25.7. The Balaban J connectivity index is 5.03. The summed E-state index contributed by atoms with van der Waals surface area (Å²) < 4.78 is 30.5. The highest BCUT2D eigenvalue weighted by Gasteiger charge is 2.27. The van der Waals surface area contributed by atoms with Crippen LogP contribution in [0.25, 0.3) is 0 Å². The van der Waals surface area contributed by atoms with Gasteiger partial charge in [0, 0.05) is 12.8 Å². The molecule has 3 unspecified atom stereocenters. The van der Waals surface area contributed by atoms with Crippen molar-refractivity contribution in [3.8, 4) is 0 Å². The minimum absolute atomic E-state index is 0.0247. The summed E-state index contributed by atoms with van der Waals surface area (Å²) >= 11 is 0. The molecule has 500 valence electrons. The molecule has 1 amide bonds. The van der Waals surface area contributed by atoms with Gasteiger partial charge >= 0.3 is 5.97 Å². The van der Waals surface area contributed by atoms with Crippen LogP contribution in [0.15, 0.2) is 85.1 Å². The van der Waals surface area contributed by atoms with E-state index in [0.29, 0.717) is 17.4 Å². The van der Waals surface area contributed by atoms with E-state index in [1.54, 1.807) is 0 Å². The van der Waals surface area contributed by atoms with Gasteiger partial charge in [-0.2, -0.15) is 0 Å². The van der Waals surface area contributed by atoms with Gasteiger partial charge in [-0.25, -0.2) is 0 Å². The minimum Gasteiger partial charge on any atom is -0.756 e. The number of ether oxygens (including phenoxy) is 1. The fraction of sp³-hybridized carbons (Fsp3) is 0.789. The molecule has 0 spiro atoms. The largest absolute Gasteiger partial charge is 0.756 e. The molecule has 0 rings (SSSR count). The average Bonchev–Trinajstić information content (AvgIpc) is 3.67. The molecule has 0 aromatic carbocycles. The minimum atomic E-state index is -4.71. The van der Waals surface area contributed by atoms with E-state index >= 15 is 0 Å². The van der Waals surface area contributed by atoms with E-state index < -0.39 is 26.6 Å². The van der Waals surface area contributed by atoms with Crippen LogP contribution in [-0.2, 0) is 27.9 Å². The number of carbonyl (C=O) groups is 2. The molecule has 0 fully saturated rings. The summed E-state index contributed by atoms with van der Waals surface area (Å²) in [6, 6.07) is -0.894. The van der Waals surface area contributed by atoms with Gasteiger partial charge < -0.3 is 28.5 Å². The second-order valence-corrected chi connectivity index (χ2v) is 27.1. The summed E-state index contributed by atoms with van der Waals surface area (Å²) in [4.78, 5) is 40.2. The molecule has 0 saturated carbocycles. The molecule has 0 radical (unpaired) electrons. The molecule has 0 aromatic rings. The van der Waals surface area contributed by atoms with Gasteiger partial charge in [0.2, 0.25) is 5.91 Å². The van der Waals surface area contributed by atoms with E-state index in [-0.39, 0.29) is 24.9 Å². The maximum absolute atomic E-state index is 13.6. The summed E-state index contributed by atoms with van der Waals surface area (Å²) in [5.74, 6) is -0.537. The number of rotatable bonds is 66. The Morgan fingerprint density at radius 1 is 0.419 bits per heavy atom. The highest BCUT2D eigenvalue weighted by Crippen LogP contribution is 2.38. The highest BCUT2D eigenvalue weighted by atomic mass is 31.2. The lowest BCUT2D eigenvalue weighted by Crippen LogP contribution is -2.47. The SMILES string of the molecule is CC/C=C\C/C=C\C/C=C\C/C=C\C/C=C\CCCCCCCCCCCCCC(=O)NC(COP(=O)([O-])OCC[N+](C)(C)C)C(/C=C\CCCCCCCCCCCC)OC(=O)CCCCCCCCCCCCC/C=C/CCCCCCCC. The van der Waals surface area contributed by atoms with Gasteiger partial charge in [0.1, 0.15) is 19.3 Å². The van der Waals surface area contributed by atoms with Crippen LogP contribution in [0.2, 0.25) is 0 Å². The lowest BCUT2D eigenvalue weighted by molar-refractivity contribution is -0.870. The van der Waals surface area contributed by atoms with Crippen LogP contribution in [-0.4, -0.2) is 69.4 Å². The fourth-order valence-corrected chi connectivity index (χ4v) is 11.2. The van der Waals surface area contributed by atoms with Crippen molar-refractivity contribution in [1.82, 2.24) is 5.32 Å². The number of allylic oxidation sites excluding steroid dienone is 13. The van der Waals surface area contributed by atoms with Crippen molar-refractivity contribution in [2.75, 3.05) is 40.9 Å². The van der Waals surface area contributed by atoms with Gasteiger partial charge in [-0.15, -0.1) is 0 Å². The van der Waals surface area contributed by atoms with Crippen LogP contribution in [0.5, 0.6) is 0 Å². The normalized spacial score (nSPS) is 14.0. The summed E-state index contributed by atoms with van der Waals surface area (Å²) in [6.45, 7) is 6.76. The van der Waals surface area contributed by atoms with Crippen molar-refractivity contribution in [1.29, 1.82) is 0 Å². The standard InChI is InChI=1S/C76H139N2O7P/c1-7-10-13-16-19-22-25-28-30-32-34-36-37-38-39-40-41-43-44-46-48-50-53-56-59-62-65-68-75(79)77-73(72-84-86(81,82)83-71-70-78(4,5)6)74(67-64-61-58-55-52-27-24-21-18-15-12-9-3)85-76(80)69-66-63-60-57-54-51-49-47-45-42-35-33-31-29-26-23-20-17-14-11-8-2/h10,13,19,22,28-31,34,36,38-39,64,67,73-74H,7-9,11-12,14-18,20-21,23-27,32-33,35,37,40-63,65-66,68-72H2,1-6H3,(H-,77,79,81,82)/b13-10-,22-19-,30-28-,31-29+,36-34-,39-38-,67-64-. The Labute approximate surface area is 533 Å². The first-order valence-corrected chi connectivity index (χ1v) is 37.9. The molecule has 0 saturated heterocycles. The first-order chi connectivity index (χ1) is 41.9. The van der Waals surface area contributed by atoms with Crippen molar-refractivity contribution in [3.05, 3.63) is 85.1 Å². The lowest BCUT2D eigenvalue weighted by atomic mass is 10.0. The van der Waals surface area contributed by atoms with Gasteiger partial charge in [-0.3, -0.25) is 14.2 Å². The van der Waals surface area contributed by atoms with Gasteiger partial charge in [0.05, 0.1) is 33.8 Å². The smallest absolute Gasteiger partial charge is 0.306 e. The van der Waals surface area contributed by atoms with E-state index in [1.807, 2.05) is 33.3 Å². The summed E-state index contributed by atoms with van der Waals surface area (Å²) in [5.41, 5.74) is 0. The molecule has 10 heteroatoms. The van der Waals surface area contributed by atoms with Crippen LogP contribution in [0, 0.1) is 0 Å². The Kier molecular flexibility index (Phi) is 63.0. The third kappa shape index (κ3) is 65.6. The number of phosphoric ester groups is 1. The number of nitrogens with zero attached hydrogens (tertiary/aromatic N) is 1. The third-order valence-corrected chi connectivity index (χ3v) is 17.0. The summed E-state index contributed by atoms with van der Waals surface area (Å²) in [6.07, 6.45) is 87.1. The van der Waals surface area contributed by atoms with E-state index in [9.17, 15) is 19.0 Å². The molecule has 0 aromatic heterocycles. The monoisotopic (exact) mass is 1220 g/mol. The van der Waals surface area contributed by atoms with E-state index in [2.05, 4.69) is 99.0 Å². The number of likely N-dealkylation sites (N-methyl/N-ethyl adjacent to an activating group) is 1. The zero-order valence-electron chi connectivity index (χ0n) is 57.3. The molecule has 9 nitrogen and oxygen atoms in total. The van der Waals surface area contributed by atoms with E-state index in [4.69, 9.17) is 13.8 Å². The van der Waals surface area contributed by atoms with Crippen LogP contribution in [0.1, 0.15) is 335 Å². The zero-order valence-corrected chi connectivity index (χ0v) is 58.2. The quantitative estimate of drug-likeness (QED) is 0.0212.